The van der Waals surface area contributed by atoms with Crippen LogP contribution in [0, 0.1) is 11.7 Å². The maximum absolute atomic E-state index is 13.6. The zero-order valence-electron chi connectivity index (χ0n) is 8.97. The molecule has 3 nitrogen and oxygen atoms in total. The van der Waals surface area contributed by atoms with Crippen LogP contribution >= 0.6 is 0 Å². The summed E-state index contributed by atoms with van der Waals surface area (Å²) in [5, 5.41) is 0. The van der Waals surface area contributed by atoms with Crippen molar-refractivity contribution < 1.29 is 9.13 Å². The molecule has 2 fully saturated rings. The normalized spacial score (nSPS) is 34.2. The highest BCUT2D eigenvalue weighted by molar-refractivity contribution is 5.19. The Bertz CT molecular complexity index is 398. The molecular weight excluding hydrogens is 207 g/mol. The summed E-state index contributed by atoms with van der Waals surface area (Å²) in [7, 11) is 0. The molecule has 2 bridgehead atoms. The maximum Gasteiger partial charge on any atom is 0.146 e. The van der Waals surface area contributed by atoms with E-state index in [9.17, 15) is 4.39 Å². The number of fused-ring (bicyclic) bond motifs is 2. The van der Waals surface area contributed by atoms with Crippen LogP contribution in [0.1, 0.15) is 30.9 Å². The van der Waals surface area contributed by atoms with Crippen LogP contribution in [0.5, 0.6) is 0 Å². The van der Waals surface area contributed by atoms with Gasteiger partial charge in [0.2, 0.25) is 0 Å². The van der Waals surface area contributed by atoms with Gasteiger partial charge in [-0.15, -0.1) is 0 Å². The third-order valence-corrected chi connectivity index (χ3v) is 3.78. The number of nitrogens with zero attached hydrogens (tertiary/aromatic N) is 1. The number of hydrogen-bond donors (Lipinski definition) is 1. The highest BCUT2D eigenvalue weighted by Crippen LogP contribution is 2.43. The standard InChI is InChI=1S/C12H15FN2O/c13-10-6-15-4-3-8(10)12(14)9-5-7-1-2-11(9)16-7/h3-4,6-7,9,11-12H,1-2,5,14H2. The molecule has 2 N–H and O–H groups in total. The topological polar surface area (TPSA) is 48.1 Å². The lowest BCUT2D eigenvalue weighted by Gasteiger charge is -2.25. The number of nitrogens with two attached hydrogens (primary N) is 1. The first-order valence-electron chi connectivity index (χ1n) is 5.76. The van der Waals surface area contributed by atoms with Crippen molar-refractivity contribution in [3.8, 4) is 0 Å². The predicted molar refractivity (Wildman–Crippen MR) is 57.1 cm³/mol. The summed E-state index contributed by atoms with van der Waals surface area (Å²) in [6.45, 7) is 0. The number of pyridine rings is 1. The molecule has 1 aromatic heterocycles. The van der Waals surface area contributed by atoms with E-state index in [0.717, 1.165) is 19.3 Å². The fraction of sp³-hybridized carbons (Fsp3) is 0.583. The largest absolute Gasteiger partial charge is 0.375 e. The minimum absolute atomic E-state index is 0.229. The molecule has 16 heavy (non-hydrogen) atoms. The van der Waals surface area contributed by atoms with Crippen molar-refractivity contribution in [3.63, 3.8) is 0 Å². The van der Waals surface area contributed by atoms with E-state index in [1.807, 2.05) is 0 Å². The molecule has 0 saturated carbocycles. The molecule has 0 aromatic carbocycles. The van der Waals surface area contributed by atoms with E-state index < -0.39 is 0 Å². The Kier molecular flexibility index (Phi) is 2.41. The smallest absolute Gasteiger partial charge is 0.146 e. The zero-order valence-corrected chi connectivity index (χ0v) is 8.97. The van der Waals surface area contributed by atoms with Crippen LogP contribution in [0.3, 0.4) is 0 Å². The fourth-order valence-electron chi connectivity index (χ4n) is 2.94. The van der Waals surface area contributed by atoms with E-state index in [0.29, 0.717) is 11.7 Å². The van der Waals surface area contributed by atoms with Gasteiger partial charge in [0.25, 0.3) is 0 Å². The summed E-state index contributed by atoms with van der Waals surface area (Å²) >= 11 is 0. The minimum atomic E-state index is -0.308. The van der Waals surface area contributed by atoms with Gasteiger partial charge in [-0.2, -0.15) is 0 Å². The van der Waals surface area contributed by atoms with Gasteiger partial charge < -0.3 is 10.5 Å². The van der Waals surface area contributed by atoms with Crippen molar-refractivity contribution in [2.45, 2.75) is 37.5 Å². The molecule has 3 rings (SSSR count). The van der Waals surface area contributed by atoms with Crippen LogP contribution in [0.2, 0.25) is 0 Å². The van der Waals surface area contributed by atoms with Crippen molar-refractivity contribution in [2.24, 2.45) is 11.7 Å². The van der Waals surface area contributed by atoms with Crippen molar-refractivity contribution >= 4 is 0 Å². The lowest BCUT2D eigenvalue weighted by atomic mass is 9.81. The van der Waals surface area contributed by atoms with E-state index in [1.54, 1.807) is 12.3 Å². The SMILES string of the molecule is NC(c1ccncc1F)C1CC2CCC1O2. The van der Waals surface area contributed by atoms with Gasteiger partial charge in [-0.05, 0) is 25.3 Å². The zero-order chi connectivity index (χ0) is 11.1. The molecule has 2 saturated heterocycles. The monoisotopic (exact) mass is 222 g/mol. The second kappa shape index (κ2) is 3.79. The first-order valence-corrected chi connectivity index (χ1v) is 5.76. The van der Waals surface area contributed by atoms with Gasteiger partial charge in [0.1, 0.15) is 5.82 Å². The van der Waals surface area contributed by atoms with Crippen LogP contribution in [-0.4, -0.2) is 17.2 Å². The van der Waals surface area contributed by atoms with Crippen LogP contribution in [0.4, 0.5) is 4.39 Å². The number of hydrogen-bond acceptors (Lipinski definition) is 3. The molecule has 4 heteroatoms. The van der Waals surface area contributed by atoms with Crippen molar-refractivity contribution in [2.75, 3.05) is 0 Å². The van der Waals surface area contributed by atoms with E-state index in [-0.39, 0.29) is 23.9 Å². The maximum atomic E-state index is 13.6. The second-order valence-corrected chi connectivity index (χ2v) is 4.70. The van der Waals surface area contributed by atoms with E-state index in [2.05, 4.69) is 4.98 Å². The van der Waals surface area contributed by atoms with E-state index in [4.69, 9.17) is 10.5 Å². The van der Waals surface area contributed by atoms with Gasteiger partial charge in [-0.1, -0.05) is 0 Å². The number of ether oxygens (including phenoxy) is 1. The van der Waals surface area contributed by atoms with Crippen molar-refractivity contribution in [3.05, 3.63) is 29.8 Å². The molecule has 0 amide bonds. The van der Waals surface area contributed by atoms with E-state index >= 15 is 0 Å². The molecule has 4 atom stereocenters. The summed E-state index contributed by atoms with van der Waals surface area (Å²) in [5.41, 5.74) is 6.71. The van der Waals surface area contributed by atoms with Crippen molar-refractivity contribution in [1.82, 2.24) is 4.98 Å². The Morgan fingerprint density at radius 1 is 1.50 bits per heavy atom. The summed E-state index contributed by atoms with van der Waals surface area (Å²) in [6.07, 6.45) is 6.56. The average Bonchev–Trinajstić information content (AvgIpc) is 2.90. The number of aromatic nitrogens is 1. The average molecular weight is 222 g/mol. The summed E-state index contributed by atoms with van der Waals surface area (Å²) in [4.78, 5) is 3.74. The predicted octanol–water partition coefficient (Wildman–Crippen LogP) is 1.79. The Labute approximate surface area is 93.8 Å². The van der Waals surface area contributed by atoms with Gasteiger partial charge in [-0.25, -0.2) is 4.39 Å². The lowest BCUT2D eigenvalue weighted by molar-refractivity contribution is 0.0882. The second-order valence-electron chi connectivity index (χ2n) is 4.70. The summed E-state index contributed by atoms with van der Waals surface area (Å²) in [5.74, 6) is -0.0478. The van der Waals surface area contributed by atoms with Crippen LogP contribution in [0.25, 0.3) is 0 Å². The summed E-state index contributed by atoms with van der Waals surface area (Å²) in [6, 6.07) is 1.41. The lowest BCUT2D eigenvalue weighted by Crippen LogP contribution is -2.30. The third kappa shape index (κ3) is 1.53. The highest BCUT2D eigenvalue weighted by Gasteiger charge is 2.44. The molecule has 2 aliphatic heterocycles. The minimum Gasteiger partial charge on any atom is -0.375 e. The quantitative estimate of drug-likeness (QED) is 0.829. The van der Waals surface area contributed by atoms with Crippen LogP contribution in [0.15, 0.2) is 18.5 Å². The van der Waals surface area contributed by atoms with Gasteiger partial charge in [0.05, 0.1) is 18.4 Å². The van der Waals surface area contributed by atoms with Crippen LogP contribution < -0.4 is 5.73 Å². The van der Waals surface area contributed by atoms with Crippen molar-refractivity contribution in [1.29, 1.82) is 0 Å². The first-order chi connectivity index (χ1) is 7.75. The molecular formula is C12H15FN2O. The van der Waals surface area contributed by atoms with E-state index in [1.165, 1.54) is 6.20 Å². The molecule has 0 spiro atoms. The molecule has 0 aliphatic carbocycles. The fourth-order valence-corrected chi connectivity index (χ4v) is 2.94. The third-order valence-electron chi connectivity index (χ3n) is 3.78. The summed E-state index contributed by atoms with van der Waals surface area (Å²) < 4.78 is 19.3. The molecule has 3 heterocycles. The van der Waals surface area contributed by atoms with Gasteiger partial charge in [0, 0.05) is 23.7 Å². The number of rotatable bonds is 2. The Morgan fingerprint density at radius 2 is 2.38 bits per heavy atom. The molecule has 0 radical (unpaired) electrons. The highest BCUT2D eigenvalue weighted by atomic mass is 19.1. The van der Waals surface area contributed by atoms with Gasteiger partial charge in [-0.3, -0.25) is 4.98 Å². The van der Waals surface area contributed by atoms with Gasteiger partial charge in [0.15, 0.2) is 0 Å². The Hall–Kier alpha value is -1.00. The van der Waals surface area contributed by atoms with Gasteiger partial charge >= 0.3 is 0 Å². The molecule has 2 aliphatic rings. The molecule has 4 unspecified atom stereocenters. The first kappa shape index (κ1) is 10.2. The van der Waals surface area contributed by atoms with Crippen LogP contribution in [-0.2, 0) is 4.74 Å². The number of halogens is 1. The molecule has 86 valence electrons. The Balaban J connectivity index is 1.83. The Morgan fingerprint density at radius 3 is 3.00 bits per heavy atom. The molecule has 1 aromatic rings.